The smallest absolute Gasteiger partial charge is 0.106 e. The van der Waals surface area contributed by atoms with E-state index in [4.69, 9.17) is 4.84 Å². The van der Waals surface area contributed by atoms with Gasteiger partial charge in [-0.3, -0.25) is 10.3 Å². The van der Waals surface area contributed by atoms with Crippen molar-refractivity contribution in [3.8, 4) is 0 Å². The molecule has 4 aliphatic heterocycles. The Bertz CT molecular complexity index is 651. The molecule has 4 heterocycles. The molecule has 4 nitrogen and oxygen atoms in total. The third-order valence-corrected chi connectivity index (χ3v) is 5.62. The molecule has 3 saturated heterocycles. The summed E-state index contributed by atoms with van der Waals surface area (Å²) in [6, 6.07) is 7.14. The molecule has 4 heteroatoms. The van der Waals surface area contributed by atoms with Crippen molar-refractivity contribution in [2.24, 2.45) is 5.92 Å². The SMILES string of the molecule is Cc1cc(C)cc(C2=CNN(OC3C4CCN(CC4)C3C)C=C2)c1. The van der Waals surface area contributed by atoms with Gasteiger partial charge < -0.3 is 0 Å². The van der Waals surface area contributed by atoms with E-state index in [0.717, 1.165) is 0 Å². The zero-order valence-corrected chi connectivity index (χ0v) is 14.8. The van der Waals surface area contributed by atoms with Crippen LogP contribution in [0.3, 0.4) is 0 Å². The second kappa shape index (κ2) is 6.26. The fourth-order valence-electron chi connectivity index (χ4n) is 4.32. The van der Waals surface area contributed by atoms with Crippen LogP contribution in [0.5, 0.6) is 0 Å². The van der Waals surface area contributed by atoms with Crippen molar-refractivity contribution in [2.75, 3.05) is 13.1 Å². The molecular formula is C20H27N3O. The van der Waals surface area contributed by atoms with Gasteiger partial charge >= 0.3 is 0 Å². The number of nitrogens with one attached hydrogen (secondary N) is 1. The van der Waals surface area contributed by atoms with Crippen LogP contribution in [-0.2, 0) is 4.84 Å². The minimum absolute atomic E-state index is 0.279. The largest absolute Gasteiger partial charge is 0.298 e. The Morgan fingerprint density at radius 2 is 1.79 bits per heavy atom. The van der Waals surface area contributed by atoms with Gasteiger partial charge in [-0.2, -0.15) is 5.17 Å². The number of hydrazine groups is 1. The van der Waals surface area contributed by atoms with E-state index in [1.165, 1.54) is 48.2 Å². The molecule has 2 bridgehead atoms. The lowest BCUT2D eigenvalue weighted by Gasteiger charge is -2.49. The molecule has 0 aromatic heterocycles. The van der Waals surface area contributed by atoms with Crippen LogP contribution < -0.4 is 5.43 Å². The maximum Gasteiger partial charge on any atom is 0.106 e. The Labute approximate surface area is 144 Å². The number of piperidine rings is 3. The highest BCUT2D eigenvalue weighted by atomic mass is 16.7. The molecule has 128 valence electrons. The van der Waals surface area contributed by atoms with Gasteiger partial charge in [0.2, 0.25) is 0 Å². The van der Waals surface area contributed by atoms with Crippen LogP contribution in [0.4, 0.5) is 0 Å². The predicted molar refractivity (Wildman–Crippen MR) is 96.6 cm³/mol. The van der Waals surface area contributed by atoms with Gasteiger partial charge in [-0.1, -0.05) is 29.3 Å². The third-order valence-electron chi connectivity index (χ3n) is 5.62. The Morgan fingerprint density at radius 3 is 2.38 bits per heavy atom. The number of hydrogen-bond donors (Lipinski definition) is 1. The lowest BCUT2D eigenvalue weighted by atomic mass is 9.81. The molecule has 2 atom stereocenters. The maximum atomic E-state index is 6.26. The van der Waals surface area contributed by atoms with Crippen molar-refractivity contribution >= 4 is 5.57 Å². The van der Waals surface area contributed by atoms with Crippen LogP contribution in [0.25, 0.3) is 5.57 Å². The zero-order chi connectivity index (χ0) is 16.7. The summed E-state index contributed by atoms with van der Waals surface area (Å²) in [6.45, 7) is 9.03. The standard InChI is InChI=1S/C20H27N3O/c1-14-10-15(2)12-19(11-14)18-6-9-23(21-13-18)24-20-16(3)22-7-4-17(20)5-8-22/h6,9-13,16-17,20-21H,4-5,7-8H2,1-3H3. The Balaban J connectivity index is 1.42. The van der Waals surface area contributed by atoms with E-state index >= 15 is 0 Å². The van der Waals surface area contributed by atoms with Crippen LogP contribution in [0.2, 0.25) is 0 Å². The molecule has 0 radical (unpaired) electrons. The summed E-state index contributed by atoms with van der Waals surface area (Å²) >= 11 is 0. The van der Waals surface area contributed by atoms with Crippen molar-refractivity contribution in [3.63, 3.8) is 0 Å². The van der Waals surface area contributed by atoms with Gasteiger partial charge in [0, 0.05) is 17.8 Å². The quantitative estimate of drug-likeness (QED) is 0.922. The fraction of sp³-hybridized carbons (Fsp3) is 0.500. The van der Waals surface area contributed by atoms with Crippen LogP contribution in [-0.4, -0.2) is 35.3 Å². The van der Waals surface area contributed by atoms with E-state index < -0.39 is 0 Å². The molecule has 0 saturated carbocycles. The molecular weight excluding hydrogens is 298 g/mol. The van der Waals surface area contributed by atoms with Gasteiger partial charge in [-0.05, 0) is 64.3 Å². The summed E-state index contributed by atoms with van der Waals surface area (Å²) in [5.74, 6) is 0.685. The number of hydrogen-bond acceptors (Lipinski definition) is 4. The topological polar surface area (TPSA) is 27.7 Å². The minimum atomic E-state index is 0.279. The first-order valence-electron chi connectivity index (χ1n) is 9.03. The maximum absolute atomic E-state index is 6.26. The molecule has 0 aliphatic carbocycles. The van der Waals surface area contributed by atoms with Crippen molar-refractivity contribution in [3.05, 3.63) is 53.4 Å². The number of fused-ring (bicyclic) bond motifs is 3. The first kappa shape index (κ1) is 15.7. The van der Waals surface area contributed by atoms with Crippen molar-refractivity contribution in [1.29, 1.82) is 0 Å². The average molecular weight is 325 g/mol. The molecule has 4 aliphatic rings. The summed E-state index contributed by atoms with van der Waals surface area (Å²) in [5.41, 5.74) is 8.29. The minimum Gasteiger partial charge on any atom is -0.298 e. The number of aryl methyl sites for hydroxylation is 2. The monoisotopic (exact) mass is 325 g/mol. The number of nitrogens with zero attached hydrogens (tertiary/aromatic N) is 2. The Kier molecular flexibility index (Phi) is 4.10. The van der Waals surface area contributed by atoms with Crippen molar-refractivity contribution in [2.45, 2.75) is 45.8 Å². The number of hydroxylamine groups is 1. The van der Waals surface area contributed by atoms with Crippen LogP contribution in [0, 0.1) is 19.8 Å². The van der Waals surface area contributed by atoms with Gasteiger partial charge in [0.05, 0.1) is 6.20 Å². The molecule has 0 amide bonds. The fourth-order valence-corrected chi connectivity index (χ4v) is 4.32. The molecule has 5 rings (SSSR count). The van der Waals surface area contributed by atoms with Gasteiger partial charge in [0.1, 0.15) is 6.10 Å². The number of rotatable bonds is 3. The van der Waals surface area contributed by atoms with E-state index in [0.29, 0.717) is 12.0 Å². The van der Waals surface area contributed by atoms with Crippen LogP contribution in [0.15, 0.2) is 36.7 Å². The summed E-state index contributed by atoms with van der Waals surface area (Å²) in [5, 5.41) is 1.77. The van der Waals surface area contributed by atoms with Crippen LogP contribution >= 0.6 is 0 Å². The highest BCUT2D eigenvalue weighted by Gasteiger charge is 2.41. The second-order valence-corrected chi connectivity index (χ2v) is 7.43. The third kappa shape index (κ3) is 2.96. The first-order chi connectivity index (χ1) is 11.6. The highest BCUT2D eigenvalue weighted by molar-refractivity contribution is 5.74. The van der Waals surface area contributed by atoms with Gasteiger partial charge in [0.15, 0.2) is 0 Å². The van der Waals surface area contributed by atoms with Gasteiger partial charge in [0.25, 0.3) is 0 Å². The second-order valence-electron chi connectivity index (χ2n) is 7.43. The van der Waals surface area contributed by atoms with Gasteiger partial charge in [-0.25, -0.2) is 4.84 Å². The lowest BCUT2D eigenvalue weighted by Crippen LogP contribution is -2.59. The number of allylic oxidation sites excluding steroid dienone is 2. The van der Waals surface area contributed by atoms with E-state index in [2.05, 4.69) is 55.4 Å². The molecule has 1 aromatic rings. The summed E-state index contributed by atoms with van der Waals surface area (Å²) < 4.78 is 0. The Hall–Kier alpha value is -1.78. The van der Waals surface area contributed by atoms with Crippen molar-refractivity contribution < 1.29 is 4.84 Å². The summed E-state index contributed by atoms with van der Waals surface area (Å²) in [4.78, 5) is 8.81. The number of benzene rings is 1. The normalized spacial score (nSPS) is 31.8. The van der Waals surface area contributed by atoms with Gasteiger partial charge in [-0.15, -0.1) is 0 Å². The van der Waals surface area contributed by atoms with E-state index in [1.807, 2.05) is 12.4 Å². The van der Waals surface area contributed by atoms with E-state index in [9.17, 15) is 0 Å². The van der Waals surface area contributed by atoms with Crippen molar-refractivity contribution in [1.82, 2.24) is 15.5 Å². The molecule has 2 unspecified atom stereocenters. The summed E-state index contributed by atoms with van der Waals surface area (Å²) in [7, 11) is 0. The predicted octanol–water partition coefficient (Wildman–Crippen LogP) is 3.39. The molecule has 1 N–H and O–H groups in total. The molecule has 0 spiro atoms. The molecule has 1 aromatic carbocycles. The van der Waals surface area contributed by atoms with E-state index in [1.54, 1.807) is 5.17 Å². The lowest BCUT2D eigenvalue weighted by molar-refractivity contribution is -0.241. The highest BCUT2D eigenvalue weighted by Crippen LogP contribution is 2.34. The summed E-state index contributed by atoms with van der Waals surface area (Å²) in [6.07, 6.45) is 8.95. The van der Waals surface area contributed by atoms with Crippen LogP contribution in [0.1, 0.15) is 36.5 Å². The molecule has 24 heavy (non-hydrogen) atoms. The zero-order valence-electron chi connectivity index (χ0n) is 14.8. The molecule has 3 fully saturated rings. The Morgan fingerprint density at radius 1 is 1.08 bits per heavy atom. The van der Waals surface area contributed by atoms with E-state index in [-0.39, 0.29) is 6.10 Å². The first-order valence-corrected chi connectivity index (χ1v) is 9.03. The average Bonchev–Trinajstić information content (AvgIpc) is 2.58.